The molecule has 0 aromatic carbocycles. The number of aromatic nitrogens is 1. The lowest BCUT2D eigenvalue weighted by Gasteiger charge is -2.26. The third-order valence-electron chi connectivity index (χ3n) is 3.16. The van der Waals surface area contributed by atoms with Crippen LogP contribution in [-0.4, -0.2) is 16.2 Å². The Bertz CT molecular complexity index is 387. The largest absolute Gasteiger partial charge is 0.261 e. The van der Waals surface area contributed by atoms with Gasteiger partial charge in [0.1, 0.15) is 11.2 Å². The zero-order chi connectivity index (χ0) is 14.0. The standard InChI is InChI=1S/C12H18N2O2.C2H6/c1-9-8-10(6-7-13-9)14-15-11(2,3)12(4,5)16-14;1-2/h6-8H,1-5H3;1-2H3. The van der Waals surface area contributed by atoms with Gasteiger partial charge in [0.2, 0.25) is 0 Å². The van der Waals surface area contributed by atoms with Gasteiger partial charge in [0.25, 0.3) is 0 Å². The van der Waals surface area contributed by atoms with Crippen molar-refractivity contribution in [3.8, 4) is 0 Å². The Morgan fingerprint density at radius 2 is 1.56 bits per heavy atom. The summed E-state index contributed by atoms with van der Waals surface area (Å²) >= 11 is 0. The Hall–Kier alpha value is -1.13. The highest BCUT2D eigenvalue weighted by atomic mass is 17.0. The molecule has 4 nitrogen and oxygen atoms in total. The van der Waals surface area contributed by atoms with E-state index in [2.05, 4.69) is 4.98 Å². The number of pyridine rings is 1. The number of anilines is 1. The van der Waals surface area contributed by atoms with Crippen molar-refractivity contribution >= 4 is 5.69 Å². The van der Waals surface area contributed by atoms with Gasteiger partial charge in [0.15, 0.2) is 0 Å². The molecule has 1 aliphatic heterocycles. The van der Waals surface area contributed by atoms with Crippen LogP contribution in [0.3, 0.4) is 0 Å². The minimum absolute atomic E-state index is 0.357. The van der Waals surface area contributed by atoms with Gasteiger partial charge in [-0.15, -0.1) is 5.23 Å². The maximum Gasteiger partial charge on any atom is 0.124 e. The second kappa shape index (κ2) is 5.24. The minimum atomic E-state index is -0.357. The Morgan fingerprint density at radius 1 is 1.06 bits per heavy atom. The fraction of sp³-hybridized carbons (Fsp3) is 0.643. The lowest BCUT2D eigenvalue weighted by Crippen LogP contribution is -2.41. The molecule has 0 aliphatic carbocycles. The maximum atomic E-state index is 5.79. The first-order valence-electron chi connectivity index (χ1n) is 6.43. The lowest BCUT2D eigenvalue weighted by molar-refractivity contribution is -0.0273. The van der Waals surface area contributed by atoms with Crippen molar-refractivity contribution in [2.24, 2.45) is 0 Å². The van der Waals surface area contributed by atoms with Crippen LogP contribution in [0.4, 0.5) is 5.69 Å². The van der Waals surface area contributed by atoms with Crippen molar-refractivity contribution in [3.63, 3.8) is 0 Å². The summed E-state index contributed by atoms with van der Waals surface area (Å²) in [6, 6.07) is 3.79. The van der Waals surface area contributed by atoms with Gasteiger partial charge in [-0.2, -0.15) is 0 Å². The summed E-state index contributed by atoms with van der Waals surface area (Å²) < 4.78 is 0. The molecule has 18 heavy (non-hydrogen) atoms. The molecule has 0 amide bonds. The molecule has 1 aromatic heterocycles. The van der Waals surface area contributed by atoms with Crippen LogP contribution in [0.25, 0.3) is 0 Å². The molecule has 1 saturated heterocycles. The molecule has 0 spiro atoms. The molecule has 102 valence electrons. The smallest absolute Gasteiger partial charge is 0.124 e. The molecular weight excluding hydrogens is 228 g/mol. The average molecular weight is 252 g/mol. The monoisotopic (exact) mass is 252 g/mol. The lowest BCUT2D eigenvalue weighted by atomic mass is 9.90. The van der Waals surface area contributed by atoms with E-state index >= 15 is 0 Å². The summed E-state index contributed by atoms with van der Waals surface area (Å²) in [5, 5.41) is 1.48. The van der Waals surface area contributed by atoms with E-state index in [1.165, 1.54) is 5.23 Å². The van der Waals surface area contributed by atoms with Gasteiger partial charge in [-0.3, -0.25) is 4.98 Å². The van der Waals surface area contributed by atoms with Crippen LogP contribution in [0.2, 0.25) is 0 Å². The number of aryl methyl sites for hydroxylation is 1. The molecule has 1 fully saturated rings. The predicted molar refractivity (Wildman–Crippen MR) is 73.1 cm³/mol. The number of hydrogen-bond donors (Lipinski definition) is 0. The summed E-state index contributed by atoms with van der Waals surface area (Å²) in [5.41, 5.74) is 1.09. The van der Waals surface area contributed by atoms with Crippen LogP contribution >= 0.6 is 0 Å². The average Bonchev–Trinajstić information content (AvgIpc) is 2.51. The van der Waals surface area contributed by atoms with Gasteiger partial charge >= 0.3 is 0 Å². The Kier molecular flexibility index (Phi) is 4.35. The van der Waals surface area contributed by atoms with Crippen molar-refractivity contribution in [1.82, 2.24) is 4.98 Å². The second-order valence-electron chi connectivity index (χ2n) is 5.12. The zero-order valence-electron chi connectivity index (χ0n) is 12.4. The number of nitrogens with zero attached hydrogens (tertiary/aromatic N) is 2. The summed E-state index contributed by atoms with van der Waals surface area (Å²) in [6.45, 7) is 14.0. The van der Waals surface area contributed by atoms with E-state index in [0.29, 0.717) is 0 Å². The van der Waals surface area contributed by atoms with Crippen LogP contribution in [0, 0.1) is 6.92 Å². The van der Waals surface area contributed by atoms with Crippen molar-refractivity contribution in [2.45, 2.75) is 59.7 Å². The summed E-state index contributed by atoms with van der Waals surface area (Å²) in [6.07, 6.45) is 1.75. The van der Waals surface area contributed by atoms with E-state index in [9.17, 15) is 0 Å². The minimum Gasteiger partial charge on any atom is -0.261 e. The highest BCUT2D eigenvalue weighted by Crippen LogP contribution is 2.39. The SMILES string of the molecule is CC.Cc1cc(N2OC(C)(C)C(C)(C)O2)ccn1. The second-order valence-corrected chi connectivity index (χ2v) is 5.12. The maximum absolute atomic E-state index is 5.79. The Morgan fingerprint density at radius 3 is 2.00 bits per heavy atom. The normalized spacial score (nSPS) is 20.3. The molecule has 0 N–H and O–H groups in total. The first kappa shape index (κ1) is 14.9. The van der Waals surface area contributed by atoms with Gasteiger partial charge in [0, 0.05) is 11.9 Å². The van der Waals surface area contributed by atoms with E-state index in [1.54, 1.807) is 6.20 Å². The molecule has 1 aliphatic rings. The van der Waals surface area contributed by atoms with Crippen LogP contribution in [0.5, 0.6) is 0 Å². The van der Waals surface area contributed by atoms with E-state index in [-0.39, 0.29) is 11.2 Å². The quantitative estimate of drug-likeness (QED) is 0.764. The molecule has 0 saturated carbocycles. The Labute approximate surface area is 110 Å². The van der Waals surface area contributed by atoms with E-state index < -0.39 is 0 Å². The highest BCUT2D eigenvalue weighted by molar-refractivity contribution is 5.42. The fourth-order valence-corrected chi connectivity index (χ4v) is 1.40. The third kappa shape index (κ3) is 2.82. The Balaban J connectivity index is 0.000000771. The van der Waals surface area contributed by atoms with Gasteiger partial charge in [-0.05, 0) is 46.8 Å². The molecule has 4 heteroatoms. The van der Waals surface area contributed by atoms with Gasteiger partial charge in [-0.1, -0.05) is 13.8 Å². The fourth-order valence-electron chi connectivity index (χ4n) is 1.40. The topological polar surface area (TPSA) is 34.6 Å². The van der Waals surface area contributed by atoms with Crippen LogP contribution < -0.4 is 5.23 Å². The van der Waals surface area contributed by atoms with E-state index in [1.807, 2.05) is 60.6 Å². The van der Waals surface area contributed by atoms with Crippen LogP contribution in [0.15, 0.2) is 18.3 Å². The molecule has 0 bridgehead atoms. The molecule has 1 aromatic rings. The van der Waals surface area contributed by atoms with Crippen molar-refractivity contribution in [2.75, 3.05) is 5.23 Å². The summed E-state index contributed by atoms with van der Waals surface area (Å²) in [7, 11) is 0. The first-order valence-corrected chi connectivity index (χ1v) is 6.43. The molecule has 0 unspecified atom stereocenters. The van der Waals surface area contributed by atoms with Crippen molar-refractivity contribution in [3.05, 3.63) is 24.0 Å². The van der Waals surface area contributed by atoms with Crippen LogP contribution in [0.1, 0.15) is 47.2 Å². The van der Waals surface area contributed by atoms with Gasteiger partial charge in [-0.25, -0.2) is 9.68 Å². The van der Waals surface area contributed by atoms with E-state index in [4.69, 9.17) is 9.68 Å². The van der Waals surface area contributed by atoms with Crippen LogP contribution in [-0.2, 0) is 9.68 Å². The molecule has 2 rings (SSSR count). The molecule has 0 radical (unpaired) electrons. The predicted octanol–water partition coefficient (Wildman–Crippen LogP) is 3.66. The summed E-state index contributed by atoms with van der Waals surface area (Å²) in [5.74, 6) is 0. The number of rotatable bonds is 1. The first-order chi connectivity index (χ1) is 8.32. The molecule has 2 heterocycles. The van der Waals surface area contributed by atoms with Crippen molar-refractivity contribution in [1.29, 1.82) is 0 Å². The van der Waals surface area contributed by atoms with Gasteiger partial charge < -0.3 is 0 Å². The zero-order valence-corrected chi connectivity index (χ0v) is 12.4. The summed E-state index contributed by atoms with van der Waals surface area (Å²) in [4.78, 5) is 15.7. The van der Waals surface area contributed by atoms with E-state index in [0.717, 1.165) is 11.4 Å². The van der Waals surface area contributed by atoms with Crippen molar-refractivity contribution < 1.29 is 9.68 Å². The molecule has 0 atom stereocenters. The third-order valence-corrected chi connectivity index (χ3v) is 3.16. The number of hydrogen-bond acceptors (Lipinski definition) is 4. The highest BCUT2D eigenvalue weighted by Gasteiger charge is 2.50. The van der Waals surface area contributed by atoms with Gasteiger partial charge in [0.05, 0.1) is 5.69 Å². The molecular formula is C14H24N2O2.